The molecule has 0 saturated heterocycles. The van der Waals surface area contributed by atoms with E-state index >= 15 is 0 Å². The molecule has 0 bridgehead atoms. The van der Waals surface area contributed by atoms with E-state index in [1.807, 2.05) is 4.84 Å². The van der Waals surface area contributed by atoms with Crippen LogP contribution in [0.15, 0.2) is 23.4 Å². The fourth-order valence-corrected chi connectivity index (χ4v) is 1.53. The smallest absolute Gasteiger partial charge is 0.266 e. The Hall–Kier alpha value is -1.26. The average molecular weight is 275 g/mol. The Morgan fingerprint density at radius 2 is 2.18 bits per heavy atom. The molecule has 92 valence electrons. The number of amides is 1. The van der Waals surface area contributed by atoms with Crippen LogP contribution in [0.25, 0.3) is 0 Å². The van der Waals surface area contributed by atoms with Crippen molar-refractivity contribution >= 4 is 35.0 Å². The van der Waals surface area contributed by atoms with E-state index in [0.717, 1.165) is 5.71 Å². The second kappa shape index (κ2) is 6.47. The highest BCUT2D eigenvalue weighted by Crippen LogP contribution is 2.21. The Bertz CT molecular complexity index is 443. The third kappa shape index (κ3) is 3.91. The van der Waals surface area contributed by atoms with Gasteiger partial charge in [0, 0.05) is 27.9 Å². The van der Waals surface area contributed by atoms with E-state index in [-0.39, 0.29) is 6.61 Å². The lowest BCUT2D eigenvalue weighted by molar-refractivity contribution is 0.0970. The van der Waals surface area contributed by atoms with Crippen LogP contribution in [0.3, 0.4) is 0 Å². The summed E-state index contributed by atoms with van der Waals surface area (Å²) >= 11 is 11.3. The van der Waals surface area contributed by atoms with Gasteiger partial charge >= 0.3 is 0 Å². The molecule has 0 aliphatic rings. The molecule has 0 saturated carbocycles. The summed E-state index contributed by atoms with van der Waals surface area (Å²) in [7, 11) is 0. The van der Waals surface area contributed by atoms with Crippen LogP contribution < -0.4 is 4.84 Å². The molecule has 1 rings (SSSR count). The van der Waals surface area contributed by atoms with Crippen LogP contribution in [0.2, 0.25) is 5.02 Å². The topological polar surface area (TPSA) is 50.7 Å². The van der Waals surface area contributed by atoms with Gasteiger partial charge in [0.15, 0.2) is 0 Å². The number of oxime groups is 1. The molecular formula is C11H12Cl2N2O2. The Morgan fingerprint density at radius 1 is 1.47 bits per heavy atom. The number of benzene rings is 1. The summed E-state index contributed by atoms with van der Waals surface area (Å²) in [5.41, 5.74) is 1.70. The molecule has 0 radical (unpaired) electrons. The van der Waals surface area contributed by atoms with E-state index in [1.54, 1.807) is 32.0 Å². The number of hydrogen-bond acceptors (Lipinski definition) is 3. The molecule has 4 nitrogen and oxygen atoms in total. The SMILES string of the molecule is CC(C)=NOCc1c(Cl)cccc1C(=O)NCl. The van der Waals surface area contributed by atoms with Crippen molar-refractivity contribution in [2.75, 3.05) is 0 Å². The second-order valence-corrected chi connectivity index (χ2v) is 4.10. The van der Waals surface area contributed by atoms with Gasteiger partial charge in [-0.25, -0.2) is 0 Å². The highest BCUT2D eigenvalue weighted by atomic mass is 35.5. The van der Waals surface area contributed by atoms with Crippen LogP contribution in [0.1, 0.15) is 29.8 Å². The van der Waals surface area contributed by atoms with Crippen molar-refractivity contribution in [3.63, 3.8) is 0 Å². The monoisotopic (exact) mass is 274 g/mol. The first-order valence-electron chi connectivity index (χ1n) is 4.87. The van der Waals surface area contributed by atoms with E-state index in [0.29, 0.717) is 16.1 Å². The van der Waals surface area contributed by atoms with Crippen molar-refractivity contribution in [2.45, 2.75) is 20.5 Å². The van der Waals surface area contributed by atoms with Gasteiger partial charge in [-0.3, -0.25) is 9.63 Å². The highest BCUT2D eigenvalue weighted by Gasteiger charge is 2.13. The molecule has 1 aromatic rings. The fourth-order valence-electron chi connectivity index (χ4n) is 1.19. The van der Waals surface area contributed by atoms with E-state index in [1.165, 1.54) is 0 Å². The van der Waals surface area contributed by atoms with Crippen molar-refractivity contribution in [3.05, 3.63) is 34.3 Å². The van der Waals surface area contributed by atoms with Gasteiger partial charge in [-0.05, 0) is 26.0 Å². The van der Waals surface area contributed by atoms with Gasteiger partial charge in [-0.15, -0.1) is 0 Å². The number of nitrogens with zero attached hydrogens (tertiary/aromatic N) is 1. The zero-order chi connectivity index (χ0) is 12.8. The molecule has 0 heterocycles. The van der Waals surface area contributed by atoms with Crippen LogP contribution in [0.4, 0.5) is 0 Å². The van der Waals surface area contributed by atoms with Gasteiger partial charge in [-0.2, -0.15) is 0 Å². The number of nitrogens with one attached hydrogen (secondary N) is 1. The van der Waals surface area contributed by atoms with Crippen molar-refractivity contribution in [3.8, 4) is 0 Å². The first-order chi connectivity index (χ1) is 8.06. The van der Waals surface area contributed by atoms with Gasteiger partial charge in [0.25, 0.3) is 5.91 Å². The van der Waals surface area contributed by atoms with Gasteiger partial charge < -0.3 is 4.84 Å². The van der Waals surface area contributed by atoms with Gasteiger partial charge in [0.05, 0.1) is 5.71 Å². The first kappa shape index (κ1) is 13.8. The molecule has 0 unspecified atom stereocenters. The summed E-state index contributed by atoms with van der Waals surface area (Å²) in [6, 6.07) is 4.96. The van der Waals surface area contributed by atoms with Gasteiger partial charge in [0.2, 0.25) is 0 Å². The summed E-state index contributed by atoms with van der Waals surface area (Å²) in [6.07, 6.45) is 0. The van der Waals surface area contributed by atoms with Crippen LogP contribution in [0.5, 0.6) is 0 Å². The minimum absolute atomic E-state index is 0.116. The van der Waals surface area contributed by atoms with E-state index in [9.17, 15) is 4.79 Å². The number of hydrogen-bond donors (Lipinski definition) is 1. The molecule has 0 fully saturated rings. The van der Waals surface area contributed by atoms with Crippen LogP contribution >= 0.6 is 23.4 Å². The number of carbonyl (C=O) groups excluding carboxylic acids is 1. The van der Waals surface area contributed by atoms with Crippen molar-refractivity contribution < 1.29 is 9.63 Å². The predicted octanol–water partition coefficient (Wildman–Crippen LogP) is 3.14. The van der Waals surface area contributed by atoms with E-state index in [2.05, 4.69) is 5.16 Å². The third-order valence-electron chi connectivity index (χ3n) is 1.91. The van der Waals surface area contributed by atoms with Crippen LogP contribution in [-0.4, -0.2) is 11.6 Å². The molecule has 1 aromatic carbocycles. The van der Waals surface area contributed by atoms with Crippen molar-refractivity contribution in [2.24, 2.45) is 5.16 Å². The lowest BCUT2D eigenvalue weighted by atomic mass is 10.1. The normalized spacial score (nSPS) is 9.65. The summed E-state index contributed by atoms with van der Waals surface area (Å²) in [5, 5.41) is 4.22. The van der Waals surface area contributed by atoms with E-state index < -0.39 is 5.91 Å². The summed E-state index contributed by atoms with van der Waals surface area (Å²) in [6.45, 7) is 3.72. The second-order valence-electron chi connectivity index (χ2n) is 3.50. The largest absolute Gasteiger partial charge is 0.391 e. The minimum Gasteiger partial charge on any atom is -0.391 e. The molecule has 17 heavy (non-hydrogen) atoms. The average Bonchev–Trinajstić information content (AvgIpc) is 2.29. The Balaban J connectivity index is 2.96. The van der Waals surface area contributed by atoms with Gasteiger partial charge in [-0.1, -0.05) is 22.8 Å². The molecule has 1 amide bonds. The lowest BCUT2D eigenvalue weighted by Crippen LogP contribution is -2.15. The number of rotatable bonds is 4. The Labute approximate surface area is 110 Å². The van der Waals surface area contributed by atoms with Crippen molar-refractivity contribution in [1.29, 1.82) is 0 Å². The quantitative estimate of drug-likeness (QED) is 0.521. The zero-order valence-electron chi connectivity index (χ0n) is 9.46. The summed E-state index contributed by atoms with van der Waals surface area (Å²) in [5.74, 6) is -0.426. The molecule has 0 spiro atoms. The number of carbonyl (C=O) groups is 1. The maximum atomic E-state index is 11.5. The molecule has 0 aliphatic carbocycles. The van der Waals surface area contributed by atoms with Crippen LogP contribution in [0, 0.1) is 0 Å². The molecule has 1 N–H and O–H groups in total. The van der Waals surface area contributed by atoms with Crippen LogP contribution in [-0.2, 0) is 11.4 Å². The molecular weight excluding hydrogens is 263 g/mol. The number of halogens is 2. The van der Waals surface area contributed by atoms with Crippen molar-refractivity contribution in [1.82, 2.24) is 4.84 Å². The zero-order valence-corrected chi connectivity index (χ0v) is 11.0. The van der Waals surface area contributed by atoms with Gasteiger partial charge in [0.1, 0.15) is 6.61 Å². The Kier molecular flexibility index (Phi) is 5.25. The molecule has 6 heteroatoms. The first-order valence-corrected chi connectivity index (χ1v) is 5.63. The summed E-state index contributed by atoms with van der Waals surface area (Å²) < 4.78 is 0. The standard InChI is InChI=1S/C11H12Cl2N2O2/c1-7(2)15-17-6-9-8(11(16)14-13)4-3-5-10(9)12/h3-5H,6H2,1-2H3,(H,14,16). The maximum absolute atomic E-state index is 11.5. The fraction of sp³-hybridized carbons (Fsp3) is 0.273. The maximum Gasteiger partial charge on any atom is 0.266 e. The molecule has 0 atom stereocenters. The summed E-state index contributed by atoms with van der Waals surface area (Å²) in [4.78, 5) is 18.6. The highest BCUT2D eigenvalue weighted by molar-refractivity contribution is 6.32. The molecule has 0 aromatic heterocycles. The minimum atomic E-state index is -0.426. The molecule has 0 aliphatic heterocycles. The third-order valence-corrected chi connectivity index (χ3v) is 2.43. The predicted molar refractivity (Wildman–Crippen MR) is 68.3 cm³/mol. The Morgan fingerprint density at radius 3 is 2.76 bits per heavy atom. The lowest BCUT2D eigenvalue weighted by Gasteiger charge is -2.08. The van der Waals surface area contributed by atoms with E-state index in [4.69, 9.17) is 28.2 Å².